The average Bonchev–Trinajstić information content (AvgIpc) is 2.31. The average molecular weight is 183 g/mol. The van der Waals surface area contributed by atoms with Gasteiger partial charge in [-0.1, -0.05) is 0 Å². The highest BCUT2D eigenvalue weighted by atomic mass is 19.4. The van der Waals surface area contributed by atoms with Crippen LogP contribution in [0.3, 0.4) is 0 Å². The van der Waals surface area contributed by atoms with Gasteiger partial charge in [-0.05, 0) is 19.4 Å². The first-order valence-corrected chi connectivity index (χ1v) is 3.94. The Balaban J connectivity index is 2.41. The van der Waals surface area contributed by atoms with Crippen LogP contribution < -0.4 is 0 Å². The second-order valence-electron chi connectivity index (χ2n) is 3.06. The second-order valence-corrected chi connectivity index (χ2v) is 3.06. The van der Waals surface area contributed by atoms with Crippen LogP contribution in [0.25, 0.3) is 0 Å². The van der Waals surface area contributed by atoms with Gasteiger partial charge in [0.1, 0.15) is 0 Å². The Bertz CT molecular complexity index is 148. The molecule has 0 radical (unpaired) electrons. The van der Waals surface area contributed by atoms with E-state index < -0.39 is 12.7 Å². The summed E-state index contributed by atoms with van der Waals surface area (Å²) in [4.78, 5) is 1.29. The summed E-state index contributed by atoms with van der Waals surface area (Å²) in [5.74, 6) is 0. The first-order valence-electron chi connectivity index (χ1n) is 3.94. The molecule has 1 aliphatic heterocycles. The normalized spacial score (nSPS) is 26.5. The highest BCUT2D eigenvalue weighted by molar-refractivity contribution is 4.79. The van der Waals surface area contributed by atoms with Crippen molar-refractivity contribution in [1.29, 1.82) is 0 Å². The van der Waals surface area contributed by atoms with E-state index in [1.54, 1.807) is 0 Å². The second kappa shape index (κ2) is 3.62. The van der Waals surface area contributed by atoms with Gasteiger partial charge in [0.25, 0.3) is 0 Å². The van der Waals surface area contributed by atoms with Crippen LogP contribution in [0.5, 0.6) is 0 Å². The molecule has 0 aromatic rings. The summed E-state index contributed by atoms with van der Waals surface area (Å²) in [7, 11) is 0. The third-order valence-electron chi connectivity index (χ3n) is 2.09. The van der Waals surface area contributed by atoms with Crippen molar-refractivity contribution in [3.05, 3.63) is 0 Å². The summed E-state index contributed by atoms with van der Waals surface area (Å²) in [5.41, 5.74) is 0. The topological polar surface area (TPSA) is 23.5 Å². The number of rotatable bonds is 2. The molecular weight excluding hydrogens is 171 g/mol. The zero-order valence-corrected chi connectivity index (χ0v) is 6.64. The van der Waals surface area contributed by atoms with Gasteiger partial charge in [0.15, 0.2) is 0 Å². The summed E-state index contributed by atoms with van der Waals surface area (Å²) >= 11 is 0. The van der Waals surface area contributed by atoms with Crippen molar-refractivity contribution in [2.45, 2.75) is 25.1 Å². The standard InChI is InChI=1S/C7H12F3NO/c8-7(9,10)5-11-3-1-2-6(11)4-12/h6,12H,1-5H2/t6-/m1/s1. The fraction of sp³-hybridized carbons (Fsp3) is 1.00. The molecule has 0 aromatic carbocycles. The molecule has 0 aliphatic carbocycles. The van der Waals surface area contributed by atoms with Gasteiger partial charge in [-0.15, -0.1) is 0 Å². The Morgan fingerprint density at radius 1 is 1.42 bits per heavy atom. The van der Waals surface area contributed by atoms with Crippen LogP contribution in [0, 0.1) is 0 Å². The van der Waals surface area contributed by atoms with E-state index >= 15 is 0 Å². The molecule has 1 fully saturated rings. The van der Waals surface area contributed by atoms with Crippen molar-refractivity contribution in [3.8, 4) is 0 Å². The van der Waals surface area contributed by atoms with Crippen molar-refractivity contribution >= 4 is 0 Å². The lowest BCUT2D eigenvalue weighted by Gasteiger charge is -2.23. The van der Waals surface area contributed by atoms with Gasteiger partial charge in [-0.3, -0.25) is 4.90 Å². The van der Waals surface area contributed by atoms with Gasteiger partial charge < -0.3 is 5.11 Å². The third kappa shape index (κ3) is 2.64. The monoisotopic (exact) mass is 183 g/mol. The maximum atomic E-state index is 11.9. The lowest BCUT2D eigenvalue weighted by molar-refractivity contribution is -0.148. The maximum absolute atomic E-state index is 11.9. The fourth-order valence-electron chi connectivity index (χ4n) is 1.54. The van der Waals surface area contributed by atoms with Gasteiger partial charge in [0.05, 0.1) is 13.2 Å². The van der Waals surface area contributed by atoms with Gasteiger partial charge >= 0.3 is 6.18 Å². The zero-order chi connectivity index (χ0) is 9.19. The number of aliphatic hydroxyl groups excluding tert-OH is 1. The molecule has 5 heteroatoms. The van der Waals surface area contributed by atoms with Crippen molar-refractivity contribution in [2.24, 2.45) is 0 Å². The minimum Gasteiger partial charge on any atom is -0.395 e. The van der Waals surface area contributed by atoms with E-state index in [4.69, 9.17) is 5.11 Å². The number of hydrogen-bond donors (Lipinski definition) is 1. The molecule has 0 amide bonds. The Labute approximate surface area is 69.0 Å². The molecule has 0 aromatic heterocycles. The van der Waals surface area contributed by atoms with Crippen molar-refractivity contribution in [3.63, 3.8) is 0 Å². The molecule has 0 saturated carbocycles. The van der Waals surface area contributed by atoms with Crippen LogP contribution in [0.1, 0.15) is 12.8 Å². The van der Waals surface area contributed by atoms with E-state index in [2.05, 4.69) is 0 Å². The third-order valence-corrected chi connectivity index (χ3v) is 2.09. The zero-order valence-electron chi connectivity index (χ0n) is 6.64. The van der Waals surface area contributed by atoms with Gasteiger partial charge in [-0.2, -0.15) is 13.2 Å². The number of hydrogen-bond acceptors (Lipinski definition) is 2. The molecule has 2 nitrogen and oxygen atoms in total. The molecule has 0 unspecified atom stereocenters. The number of likely N-dealkylation sites (tertiary alicyclic amines) is 1. The van der Waals surface area contributed by atoms with E-state index in [0.29, 0.717) is 13.0 Å². The molecule has 1 N–H and O–H groups in total. The SMILES string of the molecule is OC[C@H]1CCCN1CC(F)(F)F. The summed E-state index contributed by atoms with van der Waals surface area (Å²) in [6.07, 6.45) is -2.72. The van der Waals surface area contributed by atoms with E-state index in [9.17, 15) is 13.2 Å². The molecule has 0 bridgehead atoms. The predicted octanol–water partition coefficient (Wildman–Crippen LogP) is 1.01. The first kappa shape index (κ1) is 9.80. The summed E-state index contributed by atoms with van der Waals surface area (Å²) in [6.45, 7) is -0.612. The van der Waals surface area contributed by atoms with E-state index in [-0.39, 0.29) is 12.6 Å². The maximum Gasteiger partial charge on any atom is 0.401 e. The molecule has 0 spiro atoms. The van der Waals surface area contributed by atoms with E-state index in [1.165, 1.54) is 4.90 Å². The molecule has 1 aliphatic rings. The highest BCUT2D eigenvalue weighted by Crippen LogP contribution is 2.23. The molecule has 1 saturated heterocycles. The van der Waals surface area contributed by atoms with Crippen LogP contribution in [0.4, 0.5) is 13.2 Å². The summed E-state index contributed by atoms with van der Waals surface area (Å²) in [5, 5.41) is 8.72. The first-order chi connectivity index (χ1) is 5.53. The van der Waals surface area contributed by atoms with Crippen molar-refractivity contribution in [2.75, 3.05) is 19.7 Å². The number of nitrogens with zero attached hydrogens (tertiary/aromatic N) is 1. The molecular formula is C7H12F3NO. The Morgan fingerprint density at radius 2 is 2.08 bits per heavy atom. The Hall–Kier alpha value is -0.290. The van der Waals surface area contributed by atoms with Gasteiger partial charge in [0.2, 0.25) is 0 Å². The van der Waals surface area contributed by atoms with Crippen LogP contribution >= 0.6 is 0 Å². The number of aliphatic hydroxyl groups is 1. The highest BCUT2D eigenvalue weighted by Gasteiger charge is 2.35. The molecule has 1 heterocycles. The number of alkyl halides is 3. The van der Waals surface area contributed by atoms with E-state index in [0.717, 1.165) is 6.42 Å². The summed E-state index contributed by atoms with van der Waals surface area (Å²) < 4.78 is 35.7. The van der Waals surface area contributed by atoms with Crippen LogP contribution in [-0.2, 0) is 0 Å². The van der Waals surface area contributed by atoms with Crippen LogP contribution in [0.15, 0.2) is 0 Å². The Kier molecular flexibility index (Phi) is 2.95. The summed E-state index contributed by atoms with van der Waals surface area (Å²) in [6, 6.07) is -0.286. The van der Waals surface area contributed by atoms with Crippen LogP contribution in [0.2, 0.25) is 0 Å². The Morgan fingerprint density at radius 3 is 2.58 bits per heavy atom. The van der Waals surface area contributed by atoms with Gasteiger partial charge in [-0.25, -0.2) is 0 Å². The van der Waals surface area contributed by atoms with E-state index in [1.807, 2.05) is 0 Å². The lowest BCUT2D eigenvalue weighted by Crippen LogP contribution is -2.39. The smallest absolute Gasteiger partial charge is 0.395 e. The van der Waals surface area contributed by atoms with Crippen molar-refractivity contribution in [1.82, 2.24) is 4.90 Å². The van der Waals surface area contributed by atoms with Crippen molar-refractivity contribution < 1.29 is 18.3 Å². The minimum atomic E-state index is -4.14. The molecule has 12 heavy (non-hydrogen) atoms. The lowest BCUT2D eigenvalue weighted by atomic mass is 10.2. The molecule has 72 valence electrons. The van der Waals surface area contributed by atoms with Crippen LogP contribution in [-0.4, -0.2) is 41.9 Å². The largest absolute Gasteiger partial charge is 0.401 e. The molecule has 1 atom stereocenters. The fourth-order valence-corrected chi connectivity index (χ4v) is 1.54. The van der Waals surface area contributed by atoms with Gasteiger partial charge in [0, 0.05) is 6.04 Å². The predicted molar refractivity (Wildman–Crippen MR) is 37.7 cm³/mol. The number of halogens is 3. The minimum absolute atomic E-state index is 0.171. The molecule has 1 rings (SSSR count). The quantitative estimate of drug-likeness (QED) is 0.690.